The fourth-order valence-electron chi connectivity index (χ4n) is 3.06. The smallest absolute Gasteiger partial charge is 0.227 e. The van der Waals surface area contributed by atoms with Crippen molar-refractivity contribution >= 4 is 11.1 Å². The first-order valence-electron chi connectivity index (χ1n) is 7.55. The zero-order valence-corrected chi connectivity index (χ0v) is 11.9. The van der Waals surface area contributed by atoms with Gasteiger partial charge in [-0.1, -0.05) is 12.1 Å². The largest absolute Gasteiger partial charge is 0.436 e. The number of oxazole rings is 1. The summed E-state index contributed by atoms with van der Waals surface area (Å²) >= 11 is 0. The van der Waals surface area contributed by atoms with Gasteiger partial charge in [0, 0.05) is 12.1 Å². The van der Waals surface area contributed by atoms with Gasteiger partial charge in [-0.15, -0.1) is 0 Å². The summed E-state index contributed by atoms with van der Waals surface area (Å²) in [6.45, 7) is 0.556. The van der Waals surface area contributed by atoms with Crippen LogP contribution in [0, 0.1) is 0 Å². The molecule has 2 aromatic carbocycles. The molecule has 0 spiro atoms. The third-order valence-corrected chi connectivity index (χ3v) is 4.29. The van der Waals surface area contributed by atoms with Gasteiger partial charge in [-0.25, -0.2) is 4.98 Å². The quantitative estimate of drug-likeness (QED) is 0.775. The molecule has 0 aliphatic heterocycles. The second-order valence-corrected chi connectivity index (χ2v) is 5.72. The molecule has 0 saturated carbocycles. The molecule has 0 bridgehead atoms. The number of aromatic nitrogens is 1. The number of fused-ring (bicyclic) bond motifs is 2. The lowest BCUT2D eigenvalue weighted by Crippen LogP contribution is -2.01. The van der Waals surface area contributed by atoms with E-state index in [9.17, 15) is 0 Å². The lowest BCUT2D eigenvalue weighted by Gasteiger charge is -2.14. The molecule has 0 amide bonds. The van der Waals surface area contributed by atoms with Crippen molar-refractivity contribution in [3.63, 3.8) is 0 Å². The Kier molecular flexibility index (Phi) is 3.00. The van der Waals surface area contributed by atoms with Crippen LogP contribution < -0.4 is 5.73 Å². The summed E-state index contributed by atoms with van der Waals surface area (Å²) in [5.74, 6) is 0.691. The molecule has 4 rings (SSSR count). The van der Waals surface area contributed by atoms with Gasteiger partial charge in [-0.2, -0.15) is 0 Å². The Hall–Kier alpha value is -2.13. The minimum Gasteiger partial charge on any atom is -0.436 e. The maximum Gasteiger partial charge on any atom is 0.227 e. The minimum absolute atomic E-state index is 0.556. The summed E-state index contributed by atoms with van der Waals surface area (Å²) in [6.07, 6.45) is 4.88. The first-order chi connectivity index (χ1) is 10.3. The summed E-state index contributed by atoms with van der Waals surface area (Å²) in [6, 6.07) is 12.5. The molecular formula is C18H18N2O. The Balaban J connectivity index is 1.78. The molecule has 3 aromatic rings. The molecule has 1 aliphatic carbocycles. The number of hydrogen-bond acceptors (Lipinski definition) is 3. The molecule has 0 radical (unpaired) electrons. The van der Waals surface area contributed by atoms with Crippen LogP contribution in [0.2, 0.25) is 0 Å². The van der Waals surface area contributed by atoms with Crippen molar-refractivity contribution < 1.29 is 4.42 Å². The Morgan fingerprint density at radius 1 is 1.00 bits per heavy atom. The van der Waals surface area contributed by atoms with Gasteiger partial charge in [0.25, 0.3) is 0 Å². The normalized spacial score (nSPS) is 14.3. The molecule has 2 N–H and O–H groups in total. The third-order valence-electron chi connectivity index (χ3n) is 4.29. The van der Waals surface area contributed by atoms with Crippen LogP contribution in [-0.4, -0.2) is 4.98 Å². The molecule has 0 unspecified atom stereocenters. The van der Waals surface area contributed by atoms with Gasteiger partial charge in [0.1, 0.15) is 5.52 Å². The lowest BCUT2D eigenvalue weighted by molar-refractivity contribution is 0.617. The molecule has 3 heteroatoms. The van der Waals surface area contributed by atoms with Crippen molar-refractivity contribution in [3.8, 4) is 11.5 Å². The highest BCUT2D eigenvalue weighted by atomic mass is 16.3. The highest BCUT2D eigenvalue weighted by molar-refractivity contribution is 5.78. The highest BCUT2D eigenvalue weighted by Crippen LogP contribution is 2.30. The summed E-state index contributed by atoms with van der Waals surface area (Å²) in [5.41, 5.74) is 12.5. The Morgan fingerprint density at radius 3 is 2.43 bits per heavy atom. The van der Waals surface area contributed by atoms with E-state index in [4.69, 9.17) is 10.2 Å². The molecule has 1 aromatic heterocycles. The van der Waals surface area contributed by atoms with Crippen molar-refractivity contribution in [2.45, 2.75) is 32.2 Å². The van der Waals surface area contributed by atoms with Gasteiger partial charge in [0.15, 0.2) is 5.58 Å². The van der Waals surface area contributed by atoms with Crippen molar-refractivity contribution in [2.24, 2.45) is 5.73 Å². The fourth-order valence-corrected chi connectivity index (χ4v) is 3.06. The second kappa shape index (κ2) is 5.01. The van der Waals surface area contributed by atoms with Crippen LogP contribution in [0.25, 0.3) is 22.6 Å². The predicted molar refractivity (Wildman–Crippen MR) is 84.0 cm³/mol. The monoisotopic (exact) mass is 278 g/mol. The fraction of sp³-hybridized carbons (Fsp3) is 0.278. The third kappa shape index (κ3) is 2.24. The molecule has 0 saturated heterocycles. The van der Waals surface area contributed by atoms with Crippen LogP contribution in [-0.2, 0) is 19.4 Å². The van der Waals surface area contributed by atoms with Gasteiger partial charge in [-0.3, -0.25) is 0 Å². The Labute approximate surface area is 123 Å². The average Bonchev–Trinajstić information content (AvgIpc) is 2.95. The highest BCUT2D eigenvalue weighted by Gasteiger charge is 2.14. The van der Waals surface area contributed by atoms with E-state index < -0.39 is 0 Å². The Bertz CT molecular complexity index is 744. The zero-order valence-electron chi connectivity index (χ0n) is 11.9. The van der Waals surface area contributed by atoms with E-state index in [1.165, 1.54) is 30.4 Å². The maximum absolute atomic E-state index is 5.95. The minimum atomic E-state index is 0.556. The first kappa shape index (κ1) is 12.6. The van der Waals surface area contributed by atoms with E-state index in [1.807, 2.05) is 24.3 Å². The topological polar surface area (TPSA) is 52.0 Å². The molecule has 1 heterocycles. The van der Waals surface area contributed by atoms with E-state index in [-0.39, 0.29) is 0 Å². The zero-order chi connectivity index (χ0) is 14.2. The van der Waals surface area contributed by atoms with E-state index in [0.29, 0.717) is 12.4 Å². The van der Waals surface area contributed by atoms with Gasteiger partial charge < -0.3 is 10.2 Å². The van der Waals surface area contributed by atoms with Crippen LogP contribution in [0.5, 0.6) is 0 Å². The van der Waals surface area contributed by atoms with E-state index in [1.54, 1.807) is 0 Å². The number of benzene rings is 2. The van der Waals surface area contributed by atoms with Crippen LogP contribution in [0.15, 0.2) is 40.8 Å². The maximum atomic E-state index is 5.95. The van der Waals surface area contributed by atoms with Gasteiger partial charge in [0.05, 0.1) is 0 Å². The summed E-state index contributed by atoms with van der Waals surface area (Å²) < 4.78 is 5.95. The number of nitrogens with two attached hydrogens (primary N) is 1. The first-order valence-corrected chi connectivity index (χ1v) is 7.55. The number of rotatable bonds is 2. The van der Waals surface area contributed by atoms with Gasteiger partial charge >= 0.3 is 0 Å². The lowest BCUT2D eigenvalue weighted by atomic mass is 9.91. The van der Waals surface area contributed by atoms with Crippen LogP contribution in [0.3, 0.4) is 0 Å². The number of hydrogen-bond donors (Lipinski definition) is 1. The summed E-state index contributed by atoms with van der Waals surface area (Å²) in [4.78, 5) is 4.65. The number of aryl methyl sites for hydroxylation is 2. The molecule has 3 nitrogen and oxygen atoms in total. The summed E-state index contributed by atoms with van der Waals surface area (Å²) in [5, 5.41) is 0. The van der Waals surface area contributed by atoms with E-state index in [2.05, 4.69) is 17.1 Å². The predicted octanol–water partition coefficient (Wildman–Crippen LogP) is 3.83. The molecule has 1 aliphatic rings. The molecule has 0 atom stereocenters. The molecule has 0 fully saturated rings. The van der Waals surface area contributed by atoms with Gasteiger partial charge in [-0.05, 0) is 66.6 Å². The van der Waals surface area contributed by atoms with Crippen LogP contribution in [0.1, 0.15) is 29.5 Å². The Morgan fingerprint density at radius 2 is 1.71 bits per heavy atom. The molecule has 21 heavy (non-hydrogen) atoms. The summed E-state index contributed by atoms with van der Waals surface area (Å²) in [7, 11) is 0. The van der Waals surface area contributed by atoms with Crippen LogP contribution >= 0.6 is 0 Å². The van der Waals surface area contributed by atoms with Crippen molar-refractivity contribution in [2.75, 3.05) is 0 Å². The standard InChI is InChI=1S/C18H18N2O/c19-11-12-5-7-13(8-6-12)18-20-16-9-14-3-1-2-4-15(14)10-17(16)21-18/h5-10H,1-4,11,19H2. The van der Waals surface area contributed by atoms with Crippen molar-refractivity contribution in [1.29, 1.82) is 0 Å². The molecular weight excluding hydrogens is 260 g/mol. The van der Waals surface area contributed by atoms with Gasteiger partial charge in [0.2, 0.25) is 5.89 Å². The second-order valence-electron chi connectivity index (χ2n) is 5.72. The average molecular weight is 278 g/mol. The van der Waals surface area contributed by atoms with Crippen molar-refractivity contribution in [3.05, 3.63) is 53.1 Å². The van der Waals surface area contributed by atoms with E-state index >= 15 is 0 Å². The molecule has 106 valence electrons. The number of nitrogens with zero attached hydrogens (tertiary/aromatic N) is 1. The SMILES string of the molecule is NCc1ccc(-c2nc3cc4c(cc3o2)CCCC4)cc1. The van der Waals surface area contributed by atoms with Crippen molar-refractivity contribution in [1.82, 2.24) is 4.98 Å². The van der Waals surface area contributed by atoms with E-state index in [0.717, 1.165) is 28.6 Å². The van der Waals surface area contributed by atoms with Crippen LogP contribution in [0.4, 0.5) is 0 Å².